The van der Waals surface area contributed by atoms with Gasteiger partial charge in [0.25, 0.3) is 0 Å². The average molecular weight is 2380 g/mol. The van der Waals surface area contributed by atoms with Gasteiger partial charge in [0, 0.05) is 82.7 Å². The Morgan fingerprint density at radius 2 is 0.497 bits per heavy atom. The summed E-state index contributed by atoms with van der Waals surface area (Å²) < 4.78 is 281. The van der Waals surface area contributed by atoms with Crippen LogP contribution in [0, 0.1) is 0 Å². The van der Waals surface area contributed by atoms with Gasteiger partial charge < -0.3 is 171 Å². The van der Waals surface area contributed by atoms with Crippen molar-refractivity contribution in [2.75, 3.05) is 162 Å². The zero-order chi connectivity index (χ0) is 106. The molecule has 0 amide bonds. The molecule has 0 aliphatic rings. The largest absolute Gasteiger partial charge is 1.00 e. The summed E-state index contributed by atoms with van der Waals surface area (Å²) in [6.45, 7) is -5.45. The third-order valence-corrected chi connectivity index (χ3v) is 24.8. The second-order valence-corrected chi connectivity index (χ2v) is 41.2. The number of hydrogen-bond acceptors (Lipinski definition) is 62. The molecule has 4 heterocycles. The van der Waals surface area contributed by atoms with E-state index in [0.29, 0.717) is 0 Å². The van der Waals surface area contributed by atoms with Crippen molar-refractivity contribution < 1.29 is 417 Å². The van der Waals surface area contributed by atoms with Crippen molar-refractivity contribution in [3.63, 3.8) is 0 Å². The number of nitrogens with one attached hydrogen (secondary N) is 9. The molecule has 0 saturated carbocycles. The third kappa shape index (κ3) is 53.6. The van der Waals surface area contributed by atoms with Gasteiger partial charge in [-0.2, -0.15) is 59.8 Å². The zero-order valence-electron chi connectivity index (χ0n) is 80.4. The Labute approximate surface area is 1040 Å². The van der Waals surface area contributed by atoms with Gasteiger partial charge in [-0.15, -0.1) is 0 Å². The SMILES string of the molecule is CN(CC(O)C(O)C(O)C(O)CO)c1nc(NCCS(=O)(=O)[O-])nc(Nc2ccc(C=Cc3ccc(Nc4nc(NCCS(=O)(=O)[O-])nc(N(C)CC(O)C(O)C(O)C(O)CO)n4)cc3S(=O)(=O)[O-])c(S(=O)(=O)[O-])c2)n1.CNCC(O)C(O)C(O)C(O)CO.O=S(=O)([O-])CCNc1nc(Cl)nc(Nc2ccc(C=Cc3ccc(Nc4nc(Cl)nc(NCCS(=O)(=O)[O-])n4)cc3S(=O)(=O)[O-])c(S(=O)(=O)[O-])c2)n1.[Na+].[Na+].[Na+].[Na+].[Na+].[Na+].[Na+].[Na+]. The number of halogens is 2. The Bertz CT molecular complexity index is 6330. The summed E-state index contributed by atoms with van der Waals surface area (Å²) in [5, 5.41) is 166. The second-order valence-electron chi connectivity index (χ2n) is 29.0. The molecule has 0 aliphatic heterocycles. The second kappa shape index (κ2) is 68.7. The minimum Gasteiger partial charge on any atom is -0.748 e. The van der Waals surface area contributed by atoms with E-state index < -0.39 is 267 Å². The summed E-state index contributed by atoms with van der Waals surface area (Å²) in [4.78, 5) is 46.0. The molecular formula is C69H89Cl2N23Na8O39S8. The van der Waals surface area contributed by atoms with Crippen LogP contribution in [0.4, 0.5) is 82.2 Å². The molecule has 4 aromatic heterocycles. The number of aromatic nitrogens is 12. The number of likely N-dealkylation sites (N-methyl/N-ethyl adjacent to an activating group) is 3. The molecule has 4 aromatic carbocycles. The van der Waals surface area contributed by atoms with Crippen LogP contribution < -0.4 is 294 Å². The summed E-state index contributed by atoms with van der Waals surface area (Å²) in [6, 6.07) is 12.8. The Hall–Kier alpha value is -2.38. The fourth-order valence-electron chi connectivity index (χ4n) is 11.2. The van der Waals surface area contributed by atoms with Gasteiger partial charge in [0.15, 0.2) is 0 Å². The molecule has 0 spiro atoms. The Balaban J connectivity index is -0.00000254. The maximum Gasteiger partial charge on any atom is 1.00 e. The van der Waals surface area contributed by atoms with E-state index in [1.54, 1.807) is 7.05 Å². The Morgan fingerprint density at radius 3 is 0.705 bits per heavy atom. The van der Waals surface area contributed by atoms with E-state index >= 15 is 0 Å². The van der Waals surface area contributed by atoms with Crippen molar-refractivity contribution in [2.24, 2.45) is 0 Å². The number of aliphatic hydroxyl groups excluding tert-OH is 15. The van der Waals surface area contributed by atoms with Gasteiger partial charge in [0.1, 0.15) is 108 Å². The summed E-state index contributed by atoms with van der Waals surface area (Å²) in [5.41, 5.74) is -1.69. The van der Waals surface area contributed by atoms with Gasteiger partial charge >= 0.3 is 236 Å². The molecule has 80 heteroatoms. The summed E-state index contributed by atoms with van der Waals surface area (Å²) in [6.07, 6.45) is -17.0. The molecule has 0 aliphatic carbocycles. The van der Waals surface area contributed by atoms with E-state index in [9.17, 15) is 150 Å². The van der Waals surface area contributed by atoms with E-state index in [1.807, 2.05) is 0 Å². The van der Waals surface area contributed by atoms with E-state index in [-0.39, 0.29) is 347 Å². The number of anilines is 14. The first-order valence-electron chi connectivity index (χ1n) is 39.2. The molecule has 0 radical (unpaired) electrons. The maximum absolute atomic E-state index is 12.6. The maximum atomic E-state index is 12.6. The van der Waals surface area contributed by atoms with Crippen molar-refractivity contribution >= 4 is 211 Å². The van der Waals surface area contributed by atoms with Gasteiger partial charge in [-0.05, 0) is 101 Å². The van der Waals surface area contributed by atoms with Crippen LogP contribution in [0.3, 0.4) is 0 Å². The fourth-order valence-corrected chi connectivity index (χ4v) is 15.7. The predicted octanol–water partition coefficient (Wildman–Crippen LogP) is -33.4. The zero-order valence-corrected chi connectivity index (χ0v) is 104. The first-order chi connectivity index (χ1) is 65.3. The van der Waals surface area contributed by atoms with Crippen LogP contribution in [0.1, 0.15) is 22.3 Å². The molecule has 62 nitrogen and oxygen atoms in total. The van der Waals surface area contributed by atoms with Crippen LogP contribution >= 0.6 is 23.2 Å². The molecule has 0 fully saturated rings. The van der Waals surface area contributed by atoms with Crippen molar-refractivity contribution in [3.8, 4) is 0 Å². The Kier molecular flexibility index (Phi) is 69.5. The first kappa shape index (κ1) is 151. The quantitative estimate of drug-likeness (QED) is 0.00956. The summed E-state index contributed by atoms with van der Waals surface area (Å²) >= 11 is 11.7. The van der Waals surface area contributed by atoms with Crippen LogP contribution in [-0.4, -0.2) is 423 Å². The van der Waals surface area contributed by atoms with Crippen LogP contribution in [0.25, 0.3) is 24.3 Å². The normalized spacial score (nSPS) is 14.2. The number of nitrogens with zero attached hydrogens (tertiary/aromatic N) is 14. The summed E-state index contributed by atoms with van der Waals surface area (Å²) in [5.74, 6) is -6.87. The number of hydrogen-bond donors (Lipinski definition) is 24. The van der Waals surface area contributed by atoms with E-state index in [4.69, 9.17) is 53.8 Å². The number of rotatable bonds is 52. The van der Waals surface area contributed by atoms with Crippen LogP contribution in [0.2, 0.25) is 10.6 Å². The van der Waals surface area contributed by atoms with Crippen LogP contribution in [-0.2, 0) is 80.9 Å². The van der Waals surface area contributed by atoms with Gasteiger partial charge in [0.2, 0.25) is 70.1 Å². The van der Waals surface area contributed by atoms with Crippen molar-refractivity contribution in [2.45, 2.75) is 92.8 Å². The van der Waals surface area contributed by atoms with Crippen molar-refractivity contribution in [3.05, 3.63) is 106 Å². The topological polar surface area (TPSA) is 1030 Å². The molecular weight excluding hydrogens is 2290 g/mol. The Morgan fingerprint density at radius 1 is 0.302 bits per heavy atom. The van der Waals surface area contributed by atoms with Gasteiger partial charge in [-0.3, -0.25) is 0 Å². The minimum absolute atomic E-state index is 0. The van der Waals surface area contributed by atoms with Crippen molar-refractivity contribution in [1.82, 2.24) is 65.1 Å². The summed E-state index contributed by atoms with van der Waals surface area (Å²) in [7, 11) is -35.6. The predicted molar refractivity (Wildman–Crippen MR) is 484 cm³/mol. The molecule has 24 N–H and O–H groups in total. The number of aliphatic hydroxyl groups is 15. The smallest absolute Gasteiger partial charge is 0.748 e. The molecule has 8 aromatic rings. The minimum atomic E-state index is -5.40. The molecule has 0 saturated heterocycles. The van der Waals surface area contributed by atoms with Gasteiger partial charge in [-0.25, -0.2) is 67.3 Å². The van der Waals surface area contributed by atoms with Gasteiger partial charge in [0.05, 0.1) is 109 Å². The molecule has 784 valence electrons. The molecule has 149 heavy (non-hydrogen) atoms. The molecule has 0 bridgehead atoms. The van der Waals surface area contributed by atoms with Gasteiger partial charge in [-0.1, -0.05) is 48.6 Å². The van der Waals surface area contributed by atoms with E-state index in [0.717, 1.165) is 82.6 Å². The van der Waals surface area contributed by atoms with Crippen LogP contribution in [0.15, 0.2) is 92.4 Å². The van der Waals surface area contributed by atoms with E-state index in [1.165, 1.54) is 38.4 Å². The fraction of sp³-hybridized carbons (Fsp3) is 0.420. The standard InChI is InChI=1S/C38H56N12O22S4.C24H24Cl2N10O12S4.C7H17NO5.8Na/c1-49(15-23(53)29(57)31(59)25(55)17-51)37-45-33(39-9-11-73(61,62)63)43-35(47-37)41-21-7-5-19(27(13-21)75(67,68)69)3-4-20-6-8-22(14-28(20)76(70,71)72)42-36-44-34(40-10-12-74(64,65)66)46-38(48-36)50(2)16-24(54)30(58)32(60)26(56)18-52;25-19-31-21(27-7-9-49(37,38)39)35-23(33-19)29-15-5-3-13(17(11-15)51(43,44)45)1-2-14-4-6-16(12-18(14)52(46,47)48)30-24-34-20(26)32-22(36-24)28-8-10-50(40,41)42;1-8-2-4(10)6(12)7(13)5(11)3-9;;;;;;;;/h3-8,13-14,23-26,29-32,51-60H,9-12,15-18H2,1-2H3,(H,61,62,63)(H,64,65,66)(H,67,68,69)(H,70,71,72)(H2,39,41,43,45,47)(H2,40,42,44,46,48);1-6,11-12H,7-10H2,(H,37,38,39)(H,40,41,42)(H,43,44,45)(H,46,47,48)(H2,27,29,31,33,35)(H2,28,30,32,34,36);4-13H,2-3H2,1H3;;;;;;;;/q;;;8*+1/p-8. The van der Waals surface area contributed by atoms with Crippen molar-refractivity contribution in [1.29, 1.82) is 0 Å². The molecule has 8 rings (SSSR count). The van der Waals surface area contributed by atoms with E-state index in [2.05, 4.69) is 108 Å². The molecule has 12 atom stereocenters. The van der Waals surface area contributed by atoms with Crippen LogP contribution in [0.5, 0.6) is 0 Å². The average Bonchev–Trinajstić information content (AvgIpc) is 0.798. The molecule has 12 unspecified atom stereocenters. The monoisotopic (exact) mass is 2370 g/mol. The first-order valence-corrected chi connectivity index (χ1v) is 51.9. The number of benzene rings is 4. The third-order valence-electron chi connectivity index (χ3n) is 18.0.